The summed E-state index contributed by atoms with van der Waals surface area (Å²) >= 11 is 0. The lowest BCUT2D eigenvalue weighted by molar-refractivity contribution is -0.144. The van der Waals surface area contributed by atoms with Crippen LogP contribution in [0.15, 0.2) is 11.0 Å². The van der Waals surface area contributed by atoms with Gasteiger partial charge in [0.05, 0.1) is 32.5 Å². The summed E-state index contributed by atoms with van der Waals surface area (Å²) in [5, 5.41) is 4.46. The lowest BCUT2D eigenvalue weighted by atomic mass is 10.4. The van der Waals surface area contributed by atoms with Crippen LogP contribution in [0, 0.1) is 0 Å². The van der Waals surface area contributed by atoms with E-state index in [-0.39, 0.29) is 18.1 Å². The first-order chi connectivity index (χ1) is 11.0. The van der Waals surface area contributed by atoms with Crippen LogP contribution in [-0.2, 0) is 27.9 Å². The maximum Gasteiger partial charge on any atom is 0.320 e. The fourth-order valence-electron chi connectivity index (χ4n) is 2.19. The minimum absolute atomic E-state index is 0.102. The van der Waals surface area contributed by atoms with Gasteiger partial charge in [0.25, 0.3) is 5.56 Å². The second kappa shape index (κ2) is 7.84. The molecule has 0 unspecified atom stereocenters. The van der Waals surface area contributed by atoms with Crippen molar-refractivity contribution < 1.29 is 14.3 Å². The molecule has 2 heterocycles. The lowest BCUT2D eigenvalue weighted by Gasteiger charge is -2.20. The monoisotopic (exact) mass is 323 g/mol. The topological polar surface area (TPSA) is 102 Å². The smallest absolute Gasteiger partial charge is 0.320 e. The highest BCUT2D eigenvalue weighted by atomic mass is 16.5. The zero-order valence-corrected chi connectivity index (χ0v) is 13.5. The highest BCUT2D eigenvalue weighted by Gasteiger charge is 2.15. The highest BCUT2D eigenvalue weighted by Crippen LogP contribution is 2.06. The van der Waals surface area contributed by atoms with Gasteiger partial charge in [0.15, 0.2) is 5.65 Å². The van der Waals surface area contributed by atoms with Gasteiger partial charge in [0.2, 0.25) is 0 Å². The van der Waals surface area contributed by atoms with Crippen LogP contribution >= 0.6 is 0 Å². The van der Waals surface area contributed by atoms with E-state index in [0.717, 1.165) is 0 Å². The third kappa shape index (κ3) is 4.36. The third-order valence-corrected chi connectivity index (χ3v) is 3.29. The van der Waals surface area contributed by atoms with Crippen molar-refractivity contribution in [1.29, 1.82) is 0 Å². The molecule has 0 amide bonds. The zero-order valence-electron chi connectivity index (χ0n) is 13.5. The molecule has 0 bridgehead atoms. The molecule has 126 valence electrons. The molecular formula is C14H21N5O4. The number of methoxy groups -OCH3 is 1. The normalized spacial score (nSPS) is 11.3. The number of carbonyl (C=O) groups excluding carboxylic acids is 1. The number of hydrogen-bond donors (Lipinski definition) is 1. The predicted molar refractivity (Wildman–Crippen MR) is 82.9 cm³/mol. The molecule has 0 aromatic carbocycles. The van der Waals surface area contributed by atoms with Crippen LogP contribution in [-0.4, -0.2) is 64.0 Å². The zero-order chi connectivity index (χ0) is 16.8. The number of esters is 1. The molecule has 23 heavy (non-hydrogen) atoms. The maximum atomic E-state index is 12.0. The summed E-state index contributed by atoms with van der Waals surface area (Å²) in [6.45, 7) is 3.46. The Morgan fingerprint density at radius 3 is 2.96 bits per heavy atom. The summed E-state index contributed by atoms with van der Waals surface area (Å²) in [6.07, 6.45) is 1.48. The number of rotatable bonds is 8. The van der Waals surface area contributed by atoms with E-state index in [1.54, 1.807) is 25.8 Å². The second-order valence-corrected chi connectivity index (χ2v) is 5.03. The second-order valence-electron chi connectivity index (χ2n) is 5.03. The first kappa shape index (κ1) is 17.1. The van der Waals surface area contributed by atoms with Crippen molar-refractivity contribution in [2.24, 2.45) is 7.05 Å². The Balaban J connectivity index is 2.19. The standard InChI is InChI=1S/C14H21N5O4/c1-4-23-12(20)9-19(5-6-22-3)8-11-16-13-10(14(21)17-11)7-15-18(13)2/h7H,4-6,8-9H2,1-3H3,(H,16,17,21). The van der Waals surface area contributed by atoms with Crippen molar-refractivity contribution in [2.45, 2.75) is 13.5 Å². The van der Waals surface area contributed by atoms with Crippen molar-refractivity contribution in [3.8, 4) is 0 Å². The molecule has 0 saturated carbocycles. The highest BCUT2D eigenvalue weighted by molar-refractivity contribution is 5.73. The van der Waals surface area contributed by atoms with E-state index < -0.39 is 0 Å². The first-order valence-electron chi connectivity index (χ1n) is 7.33. The third-order valence-electron chi connectivity index (χ3n) is 3.29. The Morgan fingerprint density at radius 1 is 1.48 bits per heavy atom. The van der Waals surface area contributed by atoms with Crippen LogP contribution in [0.25, 0.3) is 11.0 Å². The summed E-state index contributed by atoms with van der Waals surface area (Å²) in [4.78, 5) is 32.7. The van der Waals surface area contributed by atoms with Gasteiger partial charge < -0.3 is 14.5 Å². The van der Waals surface area contributed by atoms with E-state index in [0.29, 0.717) is 43.2 Å². The van der Waals surface area contributed by atoms with Gasteiger partial charge in [-0.2, -0.15) is 5.10 Å². The van der Waals surface area contributed by atoms with E-state index in [9.17, 15) is 9.59 Å². The van der Waals surface area contributed by atoms with Crippen molar-refractivity contribution in [3.05, 3.63) is 22.4 Å². The number of hydrogen-bond acceptors (Lipinski definition) is 7. The molecule has 0 aliphatic rings. The van der Waals surface area contributed by atoms with Gasteiger partial charge in [-0.15, -0.1) is 0 Å². The van der Waals surface area contributed by atoms with Crippen molar-refractivity contribution in [1.82, 2.24) is 24.6 Å². The summed E-state index contributed by atoms with van der Waals surface area (Å²) in [6, 6.07) is 0. The summed E-state index contributed by atoms with van der Waals surface area (Å²) in [5.41, 5.74) is 0.257. The molecule has 0 aliphatic heterocycles. The number of nitrogens with zero attached hydrogens (tertiary/aromatic N) is 4. The van der Waals surface area contributed by atoms with Gasteiger partial charge >= 0.3 is 5.97 Å². The summed E-state index contributed by atoms with van der Waals surface area (Å²) < 4.78 is 11.6. The quantitative estimate of drug-likeness (QED) is 0.663. The molecule has 2 rings (SSSR count). The molecular weight excluding hydrogens is 302 g/mol. The lowest BCUT2D eigenvalue weighted by Crippen LogP contribution is -2.34. The molecule has 0 fully saturated rings. The van der Waals surface area contributed by atoms with Crippen LogP contribution in [0.1, 0.15) is 12.7 Å². The van der Waals surface area contributed by atoms with Gasteiger partial charge in [-0.05, 0) is 6.92 Å². The van der Waals surface area contributed by atoms with E-state index in [1.165, 1.54) is 6.20 Å². The Labute approximate surface area is 133 Å². The molecule has 0 radical (unpaired) electrons. The molecule has 0 aliphatic carbocycles. The summed E-state index contributed by atoms with van der Waals surface area (Å²) in [7, 11) is 3.31. The van der Waals surface area contributed by atoms with Crippen molar-refractivity contribution >= 4 is 17.0 Å². The Kier molecular flexibility index (Phi) is 5.83. The van der Waals surface area contributed by atoms with Crippen LogP contribution in [0.3, 0.4) is 0 Å². The fourth-order valence-corrected chi connectivity index (χ4v) is 2.19. The molecule has 2 aromatic rings. The Morgan fingerprint density at radius 2 is 2.26 bits per heavy atom. The molecule has 9 nitrogen and oxygen atoms in total. The molecule has 1 N–H and O–H groups in total. The van der Waals surface area contributed by atoms with Gasteiger partial charge in [0.1, 0.15) is 11.2 Å². The van der Waals surface area contributed by atoms with E-state index in [4.69, 9.17) is 9.47 Å². The minimum atomic E-state index is -0.326. The van der Waals surface area contributed by atoms with Crippen LogP contribution in [0.4, 0.5) is 0 Å². The summed E-state index contributed by atoms with van der Waals surface area (Å²) in [5.74, 6) is 0.138. The number of ether oxygens (including phenoxy) is 2. The molecule has 9 heteroatoms. The van der Waals surface area contributed by atoms with Crippen LogP contribution in [0.5, 0.6) is 0 Å². The number of aromatic amines is 1. The van der Waals surface area contributed by atoms with Crippen molar-refractivity contribution in [3.63, 3.8) is 0 Å². The Bertz CT molecular complexity index is 724. The number of fused-ring (bicyclic) bond motifs is 1. The number of aryl methyl sites for hydroxylation is 1. The SMILES string of the molecule is CCOC(=O)CN(CCOC)Cc1nc2c(cnn2C)c(=O)[nH]1. The fraction of sp³-hybridized carbons (Fsp3) is 0.571. The van der Waals surface area contributed by atoms with Gasteiger partial charge in [-0.1, -0.05) is 0 Å². The van der Waals surface area contributed by atoms with Crippen LogP contribution < -0.4 is 5.56 Å². The minimum Gasteiger partial charge on any atom is -0.465 e. The van der Waals surface area contributed by atoms with Crippen molar-refractivity contribution in [2.75, 3.05) is 33.4 Å². The van der Waals surface area contributed by atoms with E-state index >= 15 is 0 Å². The van der Waals surface area contributed by atoms with Crippen LogP contribution in [0.2, 0.25) is 0 Å². The number of H-pyrrole nitrogens is 1. The molecule has 0 spiro atoms. The molecule has 0 atom stereocenters. The number of carbonyl (C=O) groups is 1. The van der Waals surface area contributed by atoms with Gasteiger partial charge in [-0.25, -0.2) is 4.98 Å². The average Bonchev–Trinajstić information content (AvgIpc) is 2.87. The number of aromatic nitrogens is 4. The van der Waals surface area contributed by atoms with Gasteiger partial charge in [0, 0.05) is 20.7 Å². The van der Waals surface area contributed by atoms with Gasteiger partial charge in [-0.3, -0.25) is 19.2 Å². The van der Waals surface area contributed by atoms with E-state index in [1.807, 2.05) is 4.90 Å². The largest absolute Gasteiger partial charge is 0.465 e. The Hall–Kier alpha value is -2.26. The first-order valence-corrected chi connectivity index (χ1v) is 7.33. The number of nitrogens with one attached hydrogen (secondary N) is 1. The average molecular weight is 323 g/mol. The molecule has 0 saturated heterocycles. The molecule has 2 aromatic heterocycles. The van der Waals surface area contributed by atoms with E-state index in [2.05, 4.69) is 15.1 Å². The predicted octanol–water partition coefficient (Wildman–Crippen LogP) is -0.332. The maximum absolute atomic E-state index is 12.0.